The molecular weight excluding hydrogens is 469 g/mol. The second kappa shape index (κ2) is 9.47. The molecule has 2 amide bonds. The van der Waals surface area contributed by atoms with E-state index < -0.39 is 35.9 Å². The van der Waals surface area contributed by atoms with Crippen molar-refractivity contribution < 1.29 is 28.9 Å². The van der Waals surface area contributed by atoms with E-state index in [1.807, 2.05) is 0 Å². The molecule has 190 valence electrons. The minimum Gasteiger partial charge on any atom is -0.492 e. The molecule has 1 aromatic carbocycles. The molecule has 2 aliphatic rings. The molecule has 3 atom stereocenters. The third-order valence-electron chi connectivity index (χ3n) is 6.64. The summed E-state index contributed by atoms with van der Waals surface area (Å²) in [5, 5.41) is 22.7. The first-order chi connectivity index (χ1) is 17.2. The fourth-order valence-corrected chi connectivity index (χ4v) is 4.52. The molecule has 0 spiro atoms. The molecule has 0 radical (unpaired) electrons. The molecule has 0 unspecified atom stereocenters. The maximum Gasteiger partial charge on any atom is 0.255 e. The lowest BCUT2D eigenvalue weighted by Gasteiger charge is -2.18. The minimum atomic E-state index is -1.19. The second-order valence-electron chi connectivity index (χ2n) is 9.53. The van der Waals surface area contributed by atoms with Crippen molar-refractivity contribution in [3.05, 3.63) is 41.6 Å². The van der Waals surface area contributed by atoms with E-state index in [1.54, 1.807) is 13.0 Å². The number of amides is 2. The fourth-order valence-electron chi connectivity index (χ4n) is 4.52. The van der Waals surface area contributed by atoms with Crippen molar-refractivity contribution in [2.75, 3.05) is 19.7 Å². The SMILES string of the molecule is Cc1[nH]c2c(-c3ccc(F)cc3OCC3CC3)ncnc2c1C(=O)N[C@@H]1CN(C(=O)[C@H](C)O)C[C@@H]1O. The molecule has 3 heterocycles. The summed E-state index contributed by atoms with van der Waals surface area (Å²) in [6.07, 6.45) is 1.36. The number of H-pyrrole nitrogens is 1. The van der Waals surface area contributed by atoms with Gasteiger partial charge in [0.05, 0.1) is 29.8 Å². The third kappa shape index (κ3) is 4.63. The van der Waals surface area contributed by atoms with Gasteiger partial charge < -0.3 is 30.2 Å². The predicted octanol–water partition coefficient (Wildman–Crippen LogP) is 1.54. The minimum absolute atomic E-state index is 0.0159. The highest BCUT2D eigenvalue weighted by Gasteiger charge is 2.37. The van der Waals surface area contributed by atoms with Crippen LogP contribution < -0.4 is 10.1 Å². The largest absolute Gasteiger partial charge is 0.492 e. The Kier molecular flexibility index (Phi) is 6.35. The first kappa shape index (κ1) is 24.1. The van der Waals surface area contributed by atoms with Gasteiger partial charge in [0.25, 0.3) is 11.8 Å². The number of aliphatic hydroxyl groups excluding tert-OH is 2. The number of carbonyl (C=O) groups excluding carboxylic acids is 2. The number of benzene rings is 1. The number of hydrogen-bond acceptors (Lipinski definition) is 7. The van der Waals surface area contributed by atoms with E-state index in [0.29, 0.717) is 46.3 Å². The number of hydrogen-bond donors (Lipinski definition) is 4. The Hall–Kier alpha value is -3.57. The zero-order chi connectivity index (χ0) is 25.6. The van der Waals surface area contributed by atoms with Gasteiger partial charge in [-0.25, -0.2) is 14.4 Å². The molecule has 36 heavy (non-hydrogen) atoms. The van der Waals surface area contributed by atoms with Crippen LogP contribution in [0.5, 0.6) is 5.75 Å². The summed E-state index contributed by atoms with van der Waals surface area (Å²) in [5.74, 6) is -0.547. The molecule has 11 heteroatoms. The van der Waals surface area contributed by atoms with E-state index in [1.165, 1.54) is 30.3 Å². The highest BCUT2D eigenvalue weighted by atomic mass is 19.1. The summed E-state index contributed by atoms with van der Waals surface area (Å²) < 4.78 is 19.9. The molecule has 0 bridgehead atoms. The molecule has 1 saturated heterocycles. The Labute approximate surface area is 206 Å². The fraction of sp³-hybridized carbons (Fsp3) is 0.440. The summed E-state index contributed by atoms with van der Waals surface area (Å²) in [6, 6.07) is 3.55. The second-order valence-corrected chi connectivity index (χ2v) is 9.53. The quantitative estimate of drug-likeness (QED) is 0.388. The molecule has 3 aromatic rings. The number of aromatic amines is 1. The van der Waals surface area contributed by atoms with E-state index in [-0.39, 0.29) is 18.7 Å². The van der Waals surface area contributed by atoms with Crippen LogP contribution in [0, 0.1) is 18.7 Å². The van der Waals surface area contributed by atoms with E-state index in [2.05, 4.69) is 20.3 Å². The van der Waals surface area contributed by atoms with Crippen molar-refractivity contribution in [1.29, 1.82) is 0 Å². The van der Waals surface area contributed by atoms with Gasteiger partial charge in [-0.15, -0.1) is 0 Å². The maximum absolute atomic E-state index is 14.0. The highest BCUT2D eigenvalue weighted by Crippen LogP contribution is 2.36. The normalized spacial score (nSPS) is 20.5. The number of rotatable bonds is 7. The Balaban J connectivity index is 1.44. The molecule has 5 rings (SSSR count). The van der Waals surface area contributed by atoms with Crippen LogP contribution >= 0.6 is 0 Å². The maximum atomic E-state index is 14.0. The lowest BCUT2D eigenvalue weighted by atomic mass is 10.1. The number of ether oxygens (including phenoxy) is 1. The molecular formula is C25H28FN5O5. The van der Waals surface area contributed by atoms with Crippen molar-refractivity contribution in [2.24, 2.45) is 5.92 Å². The van der Waals surface area contributed by atoms with Gasteiger partial charge in [0.15, 0.2) is 0 Å². The monoisotopic (exact) mass is 497 g/mol. The van der Waals surface area contributed by atoms with Crippen LogP contribution in [0.25, 0.3) is 22.3 Å². The summed E-state index contributed by atoms with van der Waals surface area (Å²) in [5.41, 5.74) is 2.75. The van der Waals surface area contributed by atoms with E-state index in [4.69, 9.17) is 4.74 Å². The number of β-amino-alcohol motifs (C(OH)–C–C–N with tert-alkyl or cyclic N) is 1. The summed E-state index contributed by atoms with van der Waals surface area (Å²) in [4.78, 5) is 38.6. The molecule has 4 N–H and O–H groups in total. The summed E-state index contributed by atoms with van der Waals surface area (Å²) >= 11 is 0. The van der Waals surface area contributed by atoms with E-state index in [0.717, 1.165) is 12.8 Å². The van der Waals surface area contributed by atoms with Gasteiger partial charge in [-0.3, -0.25) is 9.59 Å². The van der Waals surface area contributed by atoms with Gasteiger partial charge in [-0.2, -0.15) is 0 Å². The first-order valence-corrected chi connectivity index (χ1v) is 11.9. The smallest absolute Gasteiger partial charge is 0.255 e. The Morgan fingerprint density at radius 3 is 2.81 bits per heavy atom. The van der Waals surface area contributed by atoms with Crippen molar-refractivity contribution in [3.8, 4) is 17.0 Å². The van der Waals surface area contributed by atoms with Gasteiger partial charge >= 0.3 is 0 Å². The number of likely N-dealkylation sites (tertiary alicyclic amines) is 1. The van der Waals surface area contributed by atoms with Crippen molar-refractivity contribution in [3.63, 3.8) is 0 Å². The zero-order valence-corrected chi connectivity index (χ0v) is 20.0. The van der Waals surface area contributed by atoms with Gasteiger partial charge in [0, 0.05) is 30.4 Å². The third-order valence-corrected chi connectivity index (χ3v) is 6.64. The van der Waals surface area contributed by atoms with Crippen LogP contribution in [0.15, 0.2) is 24.5 Å². The Bertz CT molecular complexity index is 1320. The van der Waals surface area contributed by atoms with Crippen LogP contribution in [0.2, 0.25) is 0 Å². The first-order valence-electron chi connectivity index (χ1n) is 11.9. The topological polar surface area (TPSA) is 141 Å². The molecule has 10 nitrogen and oxygen atoms in total. The molecule has 1 saturated carbocycles. The van der Waals surface area contributed by atoms with Crippen LogP contribution in [-0.2, 0) is 4.79 Å². The number of carbonyl (C=O) groups is 2. The molecule has 1 aliphatic heterocycles. The van der Waals surface area contributed by atoms with E-state index >= 15 is 0 Å². The zero-order valence-electron chi connectivity index (χ0n) is 20.0. The van der Waals surface area contributed by atoms with Crippen molar-refractivity contribution in [2.45, 2.75) is 44.9 Å². The number of nitrogens with one attached hydrogen (secondary N) is 2. The number of aryl methyl sites for hydroxylation is 1. The van der Waals surface area contributed by atoms with Gasteiger partial charge in [0.2, 0.25) is 0 Å². The van der Waals surface area contributed by atoms with Gasteiger partial charge in [-0.05, 0) is 44.7 Å². The number of aromatic nitrogens is 3. The standard InChI is InChI=1S/C25H28FN5O5/c1-12-20(24(34)30-17-8-31(9-18(17)33)25(35)13(2)32)22-23(29-12)21(27-11-28-22)16-6-5-15(26)7-19(16)36-10-14-3-4-14/h5-7,11,13-14,17-18,29,32-33H,3-4,8-10H2,1-2H3,(H,30,34)/t13-,17+,18-/m0/s1. The van der Waals surface area contributed by atoms with Gasteiger partial charge in [0.1, 0.15) is 35.2 Å². The number of nitrogens with zero attached hydrogens (tertiary/aromatic N) is 3. The molecule has 2 aromatic heterocycles. The van der Waals surface area contributed by atoms with Crippen LogP contribution in [0.1, 0.15) is 35.8 Å². The average molecular weight is 498 g/mol. The van der Waals surface area contributed by atoms with Gasteiger partial charge in [-0.1, -0.05) is 0 Å². The Morgan fingerprint density at radius 1 is 1.31 bits per heavy atom. The van der Waals surface area contributed by atoms with Crippen LogP contribution in [-0.4, -0.2) is 79.8 Å². The van der Waals surface area contributed by atoms with Crippen LogP contribution in [0.4, 0.5) is 4.39 Å². The van der Waals surface area contributed by atoms with E-state index in [9.17, 15) is 24.2 Å². The average Bonchev–Trinajstić information content (AvgIpc) is 3.51. The van der Waals surface area contributed by atoms with Crippen molar-refractivity contribution in [1.82, 2.24) is 25.2 Å². The molecule has 2 fully saturated rings. The van der Waals surface area contributed by atoms with Crippen molar-refractivity contribution >= 4 is 22.8 Å². The highest BCUT2D eigenvalue weighted by molar-refractivity contribution is 6.09. The number of halogens is 1. The lowest BCUT2D eigenvalue weighted by molar-refractivity contribution is -0.138. The number of aliphatic hydroxyl groups is 2. The summed E-state index contributed by atoms with van der Waals surface area (Å²) in [6.45, 7) is 3.68. The predicted molar refractivity (Wildman–Crippen MR) is 128 cm³/mol. The number of fused-ring (bicyclic) bond motifs is 1. The van der Waals surface area contributed by atoms with Crippen LogP contribution in [0.3, 0.4) is 0 Å². The summed E-state index contributed by atoms with van der Waals surface area (Å²) in [7, 11) is 0. The lowest BCUT2D eigenvalue weighted by Crippen LogP contribution is -2.43. The Morgan fingerprint density at radius 2 is 2.08 bits per heavy atom. The molecule has 1 aliphatic carbocycles.